The fourth-order valence-electron chi connectivity index (χ4n) is 3.92. The van der Waals surface area contributed by atoms with Crippen molar-refractivity contribution >= 4 is 35.8 Å². The molecule has 3 rings (SSSR count). The predicted molar refractivity (Wildman–Crippen MR) is 123 cm³/mol. The third kappa shape index (κ3) is 6.25. The molecule has 1 heterocycles. The van der Waals surface area contributed by atoms with Crippen LogP contribution in [-0.2, 0) is 11.3 Å². The number of guanidine groups is 1. The fraction of sp³-hybridized carbons (Fsp3) is 0.619. The first-order chi connectivity index (χ1) is 13.2. The van der Waals surface area contributed by atoms with Crippen molar-refractivity contribution in [3.63, 3.8) is 0 Å². The average Bonchev–Trinajstić information content (AvgIpc) is 3.38. The highest BCUT2D eigenvalue weighted by atomic mass is 127. The van der Waals surface area contributed by atoms with E-state index >= 15 is 0 Å². The van der Waals surface area contributed by atoms with Gasteiger partial charge in [0, 0.05) is 31.6 Å². The van der Waals surface area contributed by atoms with Crippen LogP contribution in [0.25, 0.3) is 0 Å². The summed E-state index contributed by atoms with van der Waals surface area (Å²) in [5, 5.41) is 6.82. The monoisotopic (exact) mass is 500 g/mol. The van der Waals surface area contributed by atoms with E-state index in [-0.39, 0.29) is 35.9 Å². The lowest BCUT2D eigenvalue weighted by Crippen LogP contribution is -2.45. The van der Waals surface area contributed by atoms with E-state index in [9.17, 15) is 4.79 Å². The fourth-order valence-corrected chi connectivity index (χ4v) is 3.92. The number of hydrogen-bond acceptors (Lipinski definition) is 3. The van der Waals surface area contributed by atoms with E-state index in [1.807, 2.05) is 29.2 Å². The summed E-state index contributed by atoms with van der Waals surface area (Å²) in [5.41, 5.74) is 1.14. The first-order valence-electron chi connectivity index (χ1n) is 10.2. The minimum Gasteiger partial charge on any atom is -0.497 e. The summed E-state index contributed by atoms with van der Waals surface area (Å²) in [7, 11) is 1.67. The number of amides is 1. The molecular weight excluding hydrogens is 467 g/mol. The maximum absolute atomic E-state index is 12.6. The molecule has 1 amide bonds. The zero-order chi connectivity index (χ0) is 19.1. The van der Waals surface area contributed by atoms with E-state index in [0.29, 0.717) is 12.5 Å². The number of aliphatic imine (C=N–C) groups is 1. The Balaban J connectivity index is 0.00000280. The number of nitrogens with one attached hydrogen (secondary N) is 2. The van der Waals surface area contributed by atoms with Gasteiger partial charge >= 0.3 is 0 Å². The summed E-state index contributed by atoms with van der Waals surface area (Å²) in [5.74, 6) is 2.29. The molecule has 0 bridgehead atoms. The van der Waals surface area contributed by atoms with Crippen molar-refractivity contribution in [1.29, 1.82) is 0 Å². The highest BCUT2D eigenvalue weighted by Gasteiger charge is 2.32. The molecule has 1 aliphatic heterocycles. The van der Waals surface area contributed by atoms with Gasteiger partial charge in [-0.05, 0) is 43.9 Å². The summed E-state index contributed by atoms with van der Waals surface area (Å²) in [6.45, 7) is 5.12. The first-order valence-corrected chi connectivity index (χ1v) is 10.2. The SMILES string of the molecule is CCNC(=NCc1ccc(OC)cc1)NC1CCN(C(=O)C2CCCC2)C1.I. The number of halogens is 1. The van der Waals surface area contributed by atoms with Crippen LogP contribution in [0, 0.1) is 5.92 Å². The lowest BCUT2D eigenvalue weighted by Gasteiger charge is -2.21. The smallest absolute Gasteiger partial charge is 0.225 e. The average molecular weight is 500 g/mol. The van der Waals surface area contributed by atoms with Gasteiger partial charge in [0.05, 0.1) is 13.7 Å². The van der Waals surface area contributed by atoms with Crippen LogP contribution < -0.4 is 15.4 Å². The Bertz CT molecular complexity index is 644. The van der Waals surface area contributed by atoms with Gasteiger partial charge in [-0.15, -0.1) is 24.0 Å². The van der Waals surface area contributed by atoms with E-state index in [2.05, 4.69) is 17.6 Å². The van der Waals surface area contributed by atoms with E-state index in [1.54, 1.807) is 7.11 Å². The van der Waals surface area contributed by atoms with Crippen molar-refractivity contribution in [1.82, 2.24) is 15.5 Å². The summed E-state index contributed by atoms with van der Waals surface area (Å²) in [6, 6.07) is 8.24. The first kappa shape index (κ1) is 22.8. The number of rotatable bonds is 6. The molecule has 1 unspecified atom stereocenters. The Labute approximate surface area is 185 Å². The van der Waals surface area contributed by atoms with Crippen LogP contribution in [0.15, 0.2) is 29.3 Å². The second-order valence-corrected chi connectivity index (χ2v) is 7.44. The number of benzene rings is 1. The van der Waals surface area contributed by atoms with Gasteiger partial charge in [0.2, 0.25) is 5.91 Å². The molecule has 1 aromatic rings. The molecule has 1 aromatic carbocycles. The number of carbonyl (C=O) groups excluding carboxylic acids is 1. The second-order valence-electron chi connectivity index (χ2n) is 7.44. The number of hydrogen-bond donors (Lipinski definition) is 2. The Kier molecular flexibility index (Phi) is 9.34. The van der Waals surface area contributed by atoms with Crippen molar-refractivity contribution in [2.75, 3.05) is 26.7 Å². The number of carbonyl (C=O) groups is 1. The van der Waals surface area contributed by atoms with Crippen molar-refractivity contribution < 1.29 is 9.53 Å². The van der Waals surface area contributed by atoms with Crippen molar-refractivity contribution in [3.05, 3.63) is 29.8 Å². The van der Waals surface area contributed by atoms with Crippen molar-refractivity contribution in [2.24, 2.45) is 10.9 Å². The topological polar surface area (TPSA) is 66.0 Å². The van der Waals surface area contributed by atoms with Crippen molar-refractivity contribution in [2.45, 2.75) is 51.6 Å². The number of nitrogens with zero attached hydrogens (tertiary/aromatic N) is 2. The molecule has 1 saturated heterocycles. The number of likely N-dealkylation sites (tertiary alicyclic amines) is 1. The largest absolute Gasteiger partial charge is 0.497 e. The highest BCUT2D eigenvalue weighted by Crippen LogP contribution is 2.27. The minimum atomic E-state index is 0. The Morgan fingerprint density at radius 2 is 1.93 bits per heavy atom. The van der Waals surface area contributed by atoms with E-state index in [0.717, 1.165) is 56.2 Å². The lowest BCUT2D eigenvalue weighted by molar-refractivity contribution is -0.134. The van der Waals surface area contributed by atoms with Crippen LogP contribution >= 0.6 is 24.0 Å². The quantitative estimate of drug-likeness (QED) is 0.358. The molecule has 7 heteroatoms. The molecular formula is C21H33IN4O2. The van der Waals surface area contributed by atoms with Crippen LogP contribution in [0.5, 0.6) is 5.75 Å². The number of ether oxygens (including phenoxy) is 1. The molecule has 2 aliphatic rings. The molecule has 2 fully saturated rings. The summed E-state index contributed by atoms with van der Waals surface area (Å²) in [4.78, 5) is 19.4. The lowest BCUT2D eigenvalue weighted by atomic mass is 10.1. The molecule has 1 atom stereocenters. The summed E-state index contributed by atoms with van der Waals surface area (Å²) < 4.78 is 5.20. The van der Waals surface area contributed by atoms with Crippen LogP contribution in [0.1, 0.15) is 44.6 Å². The van der Waals surface area contributed by atoms with E-state index < -0.39 is 0 Å². The Morgan fingerprint density at radius 3 is 2.57 bits per heavy atom. The third-order valence-corrected chi connectivity index (χ3v) is 5.47. The normalized spacial score (nSPS) is 20.0. The standard InChI is InChI=1S/C21H32N4O2.HI/c1-3-22-21(23-14-16-8-10-19(27-2)11-9-16)24-18-12-13-25(15-18)20(26)17-6-4-5-7-17;/h8-11,17-18H,3-7,12-15H2,1-2H3,(H2,22,23,24);1H. The molecule has 1 aliphatic carbocycles. The van der Waals surface area contributed by atoms with Gasteiger partial charge in [-0.25, -0.2) is 4.99 Å². The Hall–Kier alpha value is -1.51. The maximum Gasteiger partial charge on any atom is 0.225 e. The van der Waals surface area contributed by atoms with Gasteiger partial charge in [-0.2, -0.15) is 0 Å². The van der Waals surface area contributed by atoms with Crippen molar-refractivity contribution in [3.8, 4) is 5.75 Å². The number of methoxy groups -OCH3 is 1. The molecule has 156 valence electrons. The van der Waals surface area contributed by atoms with Gasteiger partial charge in [-0.3, -0.25) is 4.79 Å². The zero-order valence-electron chi connectivity index (χ0n) is 16.9. The molecule has 6 nitrogen and oxygen atoms in total. The third-order valence-electron chi connectivity index (χ3n) is 5.47. The van der Waals surface area contributed by atoms with E-state index in [1.165, 1.54) is 12.8 Å². The van der Waals surface area contributed by atoms with Crippen LogP contribution in [0.3, 0.4) is 0 Å². The molecule has 0 spiro atoms. The van der Waals surface area contributed by atoms with Crippen LogP contribution in [-0.4, -0.2) is 49.6 Å². The molecule has 1 saturated carbocycles. The summed E-state index contributed by atoms with van der Waals surface area (Å²) >= 11 is 0. The van der Waals surface area contributed by atoms with Gasteiger partial charge in [-0.1, -0.05) is 25.0 Å². The second kappa shape index (κ2) is 11.5. The van der Waals surface area contributed by atoms with E-state index in [4.69, 9.17) is 9.73 Å². The van der Waals surface area contributed by atoms with Gasteiger partial charge in [0.1, 0.15) is 5.75 Å². The molecule has 0 radical (unpaired) electrons. The molecule has 0 aromatic heterocycles. The maximum atomic E-state index is 12.6. The predicted octanol–water partition coefficient (Wildman–Crippen LogP) is 3.16. The van der Waals surface area contributed by atoms with Gasteiger partial charge in [0.25, 0.3) is 0 Å². The van der Waals surface area contributed by atoms with Crippen LogP contribution in [0.2, 0.25) is 0 Å². The summed E-state index contributed by atoms with van der Waals surface area (Å²) in [6.07, 6.45) is 5.52. The molecule has 2 N–H and O–H groups in total. The zero-order valence-corrected chi connectivity index (χ0v) is 19.3. The van der Waals surface area contributed by atoms with Gasteiger partial charge < -0.3 is 20.3 Å². The van der Waals surface area contributed by atoms with Gasteiger partial charge in [0.15, 0.2) is 5.96 Å². The molecule has 28 heavy (non-hydrogen) atoms. The Morgan fingerprint density at radius 1 is 1.21 bits per heavy atom. The van der Waals surface area contributed by atoms with Crippen LogP contribution in [0.4, 0.5) is 0 Å². The minimum absolute atomic E-state index is 0. The highest BCUT2D eigenvalue weighted by molar-refractivity contribution is 14.0.